The highest BCUT2D eigenvalue weighted by Gasteiger charge is 2.23. The smallest absolute Gasteiger partial charge is 0.0684 e. The van der Waals surface area contributed by atoms with Crippen LogP contribution < -0.4 is 9.80 Å². The van der Waals surface area contributed by atoms with Gasteiger partial charge in [-0.2, -0.15) is 5.26 Å². The van der Waals surface area contributed by atoms with Crippen LogP contribution in [0.1, 0.15) is 20.3 Å². The van der Waals surface area contributed by atoms with Gasteiger partial charge in [-0.25, -0.2) is 0 Å². The molecule has 0 aliphatic carbocycles. The van der Waals surface area contributed by atoms with Gasteiger partial charge in [-0.3, -0.25) is 0 Å². The number of benzene rings is 1. The molecule has 0 amide bonds. The summed E-state index contributed by atoms with van der Waals surface area (Å²) in [5.74, 6) is 0. The molecule has 2 rings (SSSR count). The Bertz CT molecular complexity index is 459. The second kappa shape index (κ2) is 4.89. The summed E-state index contributed by atoms with van der Waals surface area (Å²) in [4.78, 5) is 4.69. The second-order valence-electron chi connectivity index (χ2n) is 5.64. The molecule has 1 aliphatic rings. The van der Waals surface area contributed by atoms with Crippen LogP contribution in [0.5, 0.6) is 0 Å². The number of fused-ring (bicyclic) bond motifs is 1. The first-order valence-electron chi connectivity index (χ1n) is 6.50. The minimum atomic E-state index is -0.238. The lowest BCUT2D eigenvalue weighted by molar-refractivity contribution is 0.449. The van der Waals surface area contributed by atoms with Crippen LogP contribution in [0, 0.1) is 16.7 Å². The van der Waals surface area contributed by atoms with E-state index >= 15 is 0 Å². The number of anilines is 2. The Morgan fingerprint density at radius 2 is 1.89 bits per heavy atom. The molecule has 0 fully saturated rings. The molecule has 0 aromatic heterocycles. The van der Waals surface area contributed by atoms with Gasteiger partial charge in [0.2, 0.25) is 0 Å². The molecule has 1 aliphatic heterocycles. The highest BCUT2D eigenvalue weighted by Crippen LogP contribution is 2.32. The molecule has 0 saturated heterocycles. The van der Waals surface area contributed by atoms with Crippen LogP contribution in [0.15, 0.2) is 24.3 Å². The molecule has 18 heavy (non-hydrogen) atoms. The maximum atomic E-state index is 9.08. The number of nitriles is 1. The van der Waals surface area contributed by atoms with Crippen LogP contribution in [0.2, 0.25) is 0 Å². The van der Waals surface area contributed by atoms with E-state index in [1.165, 1.54) is 11.4 Å². The van der Waals surface area contributed by atoms with Crippen molar-refractivity contribution in [1.29, 1.82) is 5.26 Å². The summed E-state index contributed by atoms with van der Waals surface area (Å²) in [6, 6.07) is 10.9. The van der Waals surface area contributed by atoms with E-state index in [1.807, 2.05) is 13.8 Å². The summed E-state index contributed by atoms with van der Waals surface area (Å²) in [6.45, 7) is 7.05. The first kappa shape index (κ1) is 12.8. The Kier molecular flexibility index (Phi) is 3.47. The first-order valence-corrected chi connectivity index (χ1v) is 6.50. The minimum absolute atomic E-state index is 0.238. The summed E-state index contributed by atoms with van der Waals surface area (Å²) in [6.07, 6.45) is 0.904. The molecule has 3 heteroatoms. The molecule has 0 saturated carbocycles. The number of rotatable bonds is 3. The van der Waals surface area contributed by atoms with Crippen LogP contribution in [0.25, 0.3) is 0 Å². The molecule has 0 spiro atoms. The quantitative estimate of drug-likeness (QED) is 0.817. The highest BCUT2D eigenvalue weighted by molar-refractivity contribution is 5.73. The number of hydrogen-bond acceptors (Lipinski definition) is 3. The average molecular weight is 243 g/mol. The first-order chi connectivity index (χ1) is 8.53. The maximum Gasteiger partial charge on any atom is 0.0684 e. The van der Waals surface area contributed by atoms with E-state index in [4.69, 9.17) is 5.26 Å². The van der Waals surface area contributed by atoms with Crippen molar-refractivity contribution in [1.82, 2.24) is 0 Å². The zero-order valence-corrected chi connectivity index (χ0v) is 11.5. The fourth-order valence-corrected chi connectivity index (χ4v) is 2.27. The van der Waals surface area contributed by atoms with Gasteiger partial charge in [0.15, 0.2) is 0 Å². The molecule has 0 N–H and O–H groups in total. The largest absolute Gasteiger partial charge is 0.371 e. The molecule has 0 atom stereocenters. The van der Waals surface area contributed by atoms with Gasteiger partial charge in [0, 0.05) is 26.7 Å². The molecular weight excluding hydrogens is 222 g/mol. The van der Waals surface area contributed by atoms with Crippen LogP contribution in [-0.2, 0) is 0 Å². The molecule has 0 bridgehead atoms. The average Bonchev–Trinajstić information content (AvgIpc) is 2.38. The Hall–Kier alpha value is -1.69. The lowest BCUT2D eigenvalue weighted by atomic mass is 9.91. The Balaban J connectivity index is 2.13. The third kappa shape index (κ3) is 2.59. The molecule has 1 aromatic carbocycles. The fourth-order valence-electron chi connectivity index (χ4n) is 2.27. The van der Waals surface area contributed by atoms with Gasteiger partial charge in [-0.15, -0.1) is 0 Å². The number of para-hydroxylation sites is 2. The predicted molar refractivity (Wildman–Crippen MR) is 75.9 cm³/mol. The summed E-state index contributed by atoms with van der Waals surface area (Å²) >= 11 is 0. The van der Waals surface area contributed by atoms with E-state index in [0.29, 0.717) is 0 Å². The monoisotopic (exact) mass is 243 g/mol. The second-order valence-corrected chi connectivity index (χ2v) is 5.64. The SMILES string of the molecule is CN1CCN(CCC(C)(C)C#N)c2ccccc21. The van der Waals surface area contributed by atoms with E-state index < -0.39 is 0 Å². The minimum Gasteiger partial charge on any atom is -0.371 e. The summed E-state index contributed by atoms with van der Waals surface area (Å²) in [5.41, 5.74) is 2.34. The van der Waals surface area contributed by atoms with Gasteiger partial charge in [0.05, 0.1) is 22.9 Å². The zero-order valence-electron chi connectivity index (χ0n) is 11.5. The summed E-state index contributed by atoms with van der Waals surface area (Å²) in [7, 11) is 2.13. The van der Waals surface area contributed by atoms with E-state index in [9.17, 15) is 0 Å². The van der Waals surface area contributed by atoms with Crippen molar-refractivity contribution < 1.29 is 0 Å². The standard InChI is InChI=1S/C15H21N3/c1-15(2,12-16)8-9-18-11-10-17(3)13-6-4-5-7-14(13)18/h4-7H,8-11H2,1-3H3. The van der Waals surface area contributed by atoms with Crippen molar-refractivity contribution in [3.63, 3.8) is 0 Å². The maximum absolute atomic E-state index is 9.08. The van der Waals surface area contributed by atoms with E-state index in [2.05, 4.69) is 47.2 Å². The molecule has 0 radical (unpaired) electrons. The van der Waals surface area contributed by atoms with Crippen molar-refractivity contribution in [2.75, 3.05) is 36.5 Å². The van der Waals surface area contributed by atoms with Crippen LogP contribution in [0.4, 0.5) is 11.4 Å². The Labute approximate surface area is 110 Å². The normalized spacial score (nSPS) is 15.2. The molecule has 1 heterocycles. The van der Waals surface area contributed by atoms with Crippen molar-refractivity contribution in [3.8, 4) is 6.07 Å². The molecule has 1 aromatic rings. The zero-order chi connectivity index (χ0) is 13.2. The fraction of sp³-hybridized carbons (Fsp3) is 0.533. The molecule has 96 valence electrons. The van der Waals surface area contributed by atoms with Gasteiger partial charge < -0.3 is 9.80 Å². The van der Waals surface area contributed by atoms with E-state index in [1.54, 1.807) is 0 Å². The van der Waals surface area contributed by atoms with Crippen molar-refractivity contribution in [2.24, 2.45) is 5.41 Å². The Morgan fingerprint density at radius 1 is 1.22 bits per heavy atom. The van der Waals surface area contributed by atoms with Gasteiger partial charge >= 0.3 is 0 Å². The van der Waals surface area contributed by atoms with Crippen LogP contribution >= 0.6 is 0 Å². The number of likely N-dealkylation sites (N-methyl/N-ethyl adjacent to an activating group) is 1. The highest BCUT2D eigenvalue weighted by atomic mass is 15.2. The Morgan fingerprint density at radius 3 is 2.56 bits per heavy atom. The van der Waals surface area contributed by atoms with Gasteiger partial charge in [-0.05, 0) is 32.4 Å². The summed E-state index contributed by atoms with van der Waals surface area (Å²) in [5, 5.41) is 9.08. The lowest BCUT2D eigenvalue weighted by Crippen LogP contribution is -2.40. The molecule has 3 nitrogen and oxygen atoms in total. The van der Waals surface area contributed by atoms with Crippen molar-refractivity contribution >= 4 is 11.4 Å². The predicted octanol–water partition coefficient (Wildman–Crippen LogP) is 2.88. The van der Waals surface area contributed by atoms with Crippen molar-refractivity contribution in [3.05, 3.63) is 24.3 Å². The lowest BCUT2D eigenvalue weighted by Gasteiger charge is -2.37. The van der Waals surface area contributed by atoms with Gasteiger partial charge in [0.1, 0.15) is 0 Å². The summed E-state index contributed by atoms with van der Waals surface area (Å²) < 4.78 is 0. The van der Waals surface area contributed by atoms with E-state index in [-0.39, 0.29) is 5.41 Å². The van der Waals surface area contributed by atoms with Crippen LogP contribution in [0.3, 0.4) is 0 Å². The molecule has 0 unspecified atom stereocenters. The van der Waals surface area contributed by atoms with E-state index in [0.717, 1.165) is 26.1 Å². The third-order valence-corrected chi connectivity index (χ3v) is 3.65. The van der Waals surface area contributed by atoms with Crippen LogP contribution in [-0.4, -0.2) is 26.7 Å². The number of hydrogen-bond donors (Lipinski definition) is 0. The topological polar surface area (TPSA) is 30.3 Å². The molecular formula is C15H21N3. The van der Waals surface area contributed by atoms with Gasteiger partial charge in [0.25, 0.3) is 0 Å². The third-order valence-electron chi connectivity index (χ3n) is 3.65. The van der Waals surface area contributed by atoms with Crippen molar-refractivity contribution in [2.45, 2.75) is 20.3 Å². The number of nitrogens with zero attached hydrogens (tertiary/aromatic N) is 3. The van der Waals surface area contributed by atoms with Gasteiger partial charge in [-0.1, -0.05) is 12.1 Å².